The number of nitrogens with zero attached hydrogens (tertiary/aromatic N) is 5. The first-order valence-corrected chi connectivity index (χ1v) is 12.0. The number of pyridine rings is 1. The molecular formula is C26H26ClFN6O. The number of anilines is 2. The molecular weight excluding hydrogens is 467 g/mol. The molecule has 2 aromatic heterocycles. The van der Waals surface area contributed by atoms with E-state index in [-0.39, 0.29) is 5.82 Å². The highest BCUT2D eigenvalue weighted by atomic mass is 35.5. The number of piperazine rings is 1. The average Bonchev–Trinajstić information content (AvgIpc) is 3.37. The van der Waals surface area contributed by atoms with Gasteiger partial charge in [0.25, 0.3) is 5.89 Å². The first-order chi connectivity index (χ1) is 17.0. The molecule has 0 atom stereocenters. The minimum atomic E-state index is -0.343. The average molecular weight is 493 g/mol. The molecule has 2 aromatic carbocycles. The molecule has 7 nitrogen and oxygen atoms in total. The Labute approximate surface area is 208 Å². The quantitative estimate of drug-likeness (QED) is 0.383. The lowest BCUT2D eigenvalue weighted by molar-refractivity contribution is 0.267. The summed E-state index contributed by atoms with van der Waals surface area (Å²) in [6.45, 7) is 7.84. The molecule has 1 N–H and O–H groups in total. The second-order valence-electron chi connectivity index (χ2n) is 8.55. The number of benzene rings is 2. The summed E-state index contributed by atoms with van der Waals surface area (Å²) in [5.74, 6) is 1.12. The van der Waals surface area contributed by atoms with E-state index in [4.69, 9.17) is 16.1 Å². The Morgan fingerprint density at radius 3 is 2.66 bits per heavy atom. The van der Waals surface area contributed by atoms with Crippen molar-refractivity contribution in [3.63, 3.8) is 0 Å². The lowest BCUT2D eigenvalue weighted by atomic mass is 10.1. The summed E-state index contributed by atoms with van der Waals surface area (Å²) in [5, 5.41) is 8.10. The van der Waals surface area contributed by atoms with E-state index in [9.17, 15) is 4.39 Å². The number of aromatic nitrogens is 3. The summed E-state index contributed by atoms with van der Waals surface area (Å²) in [6.07, 6.45) is 1.69. The number of hydrogen-bond acceptors (Lipinski definition) is 7. The predicted molar refractivity (Wildman–Crippen MR) is 136 cm³/mol. The van der Waals surface area contributed by atoms with Gasteiger partial charge in [-0.1, -0.05) is 35.0 Å². The Kier molecular flexibility index (Phi) is 6.92. The van der Waals surface area contributed by atoms with Crippen molar-refractivity contribution < 1.29 is 8.91 Å². The van der Waals surface area contributed by atoms with E-state index >= 15 is 0 Å². The summed E-state index contributed by atoms with van der Waals surface area (Å²) in [5.41, 5.74) is 3.75. The maximum Gasteiger partial charge on any atom is 0.259 e. The first kappa shape index (κ1) is 23.3. The van der Waals surface area contributed by atoms with Crippen LogP contribution in [0.15, 0.2) is 65.3 Å². The van der Waals surface area contributed by atoms with Gasteiger partial charge in [-0.05, 0) is 48.9 Å². The van der Waals surface area contributed by atoms with Gasteiger partial charge in [0.2, 0.25) is 5.82 Å². The highest BCUT2D eigenvalue weighted by Gasteiger charge is 2.18. The van der Waals surface area contributed by atoms with Crippen LogP contribution in [0.1, 0.15) is 5.56 Å². The van der Waals surface area contributed by atoms with Crippen LogP contribution in [-0.2, 0) is 0 Å². The second-order valence-corrected chi connectivity index (χ2v) is 8.99. The molecule has 0 unspecified atom stereocenters. The van der Waals surface area contributed by atoms with Gasteiger partial charge in [0.05, 0.1) is 5.56 Å². The Hall–Kier alpha value is -3.49. The van der Waals surface area contributed by atoms with Crippen molar-refractivity contribution in [3.05, 3.63) is 77.2 Å². The topological polar surface area (TPSA) is 70.3 Å². The van der Waals surface area contributed by atoms with Crippen molar-refractivity contribution in [3.8, 4) is 22.8 Å². The van der Waals surface area contributed by atoms with Crippen LogP contribution < -0.4 is 10.2 Å². The fourth-order valence-corrected chi connectivity index (χ4v) is 4.35. The van der Waals surface area contributed by atoms with Crippen molar-refractivity contribution in [2.45, 2.75) is 6.92 Å². The molecule has 0 radical (unpaired) electrons. The Morgan fingerprint density at radius 1 is 1.03 bits per heavy atom. The normalized spacial score (nSPS) is 14.3. The van der Waals surface area contributed by atoms with E-state index in [0.717, 1.165) is 50.1 Å². The Bertz CT molecular complexity index is 1290. The van der Waals surface area contributed by atoms with Crippen LogP contribution in [0.5, 0.6) is 0 Å². The fraction of sp³-hybridized carbons (Fsp3) is 0.269. The van der Waals surface area contributed by atoms with E-state index < -0.39 is 0 Å². The number of rotatable bonds is 7. The molecule has 1 fully saturated rings. The molecule has 3 heterocycles. The van der Waals surface area contributed by atoms with Gasteiger partial charge in [-0.15, -0.1) is 0 Å². The first-order valence-electron chi connectivity index (χ1n) is 11.6. The van der Waals surface area contributed by atoms with Crippen LogP contribution in [0.2, 0.25) is 5.02 Å². The van der Waals surface area contributed by atoms with Crippen molar-refractivity contribution in [2.24, 2.45) is 0 Å². The molecule has 0 bridgehead atoms. The molecule has 35 heavy (non-hydrogen) atoms. The lowest BCUT2D eigenvalue weighted by Gasteiger charge is -2.36. The van der Waals surface area contributed by atoms with Gasteiger partial charge in [0.1, 0.15) is 11.6 Å². The van der Waals surface area contributed by atoms with E-state index in [1.54, 1.807) is 18.3 Å². The summed E-state index contributed by atoms with van der Waals surface area (Å²) in [6, 6.07) is 15.9. The smallest absolute Gasteiger partial charge is 0.259 e. The molecule has 0 amide bonds. The third-order valence-electron chi connectivity index (χ3n) is 6.14. The molecule has 180 valence electrons. The van der Waals surface area contributed by atoms with E-state index in [1.807, 2.05) is 18.2 Å². The van der Waals surface area contributed by atoms with E-state index in [0.29, 0.717) is 22.8 Å². The van der Waals surface area contributed by atoms with Gasteiger partial charge >= 0.3 is 0 Å². The van der Waals surface area contributed by atoms with Crippen molar-refractivity contribution in [1.29, 1.82) is 0 Å². The van der Waals surface area contributed by atoms with Crippen LogP contribution in [0, 0.1) is 12.7 Å². The number of aryl methyl sites for hydroxylation is 1. The second kappa shape index (κ2) is 10.4. The number of hydrogen-bond donors (Lipinski definition) is 1. The highest BCUT2D eigenvalue weighted by molar-refractivity contribution is 6.30. The zero-order valence-corrected chi connectivity index (χ0v) is 20.2. The van der Waals surface area contributed by atoms with Gasteiger partial charge in [-0.2, -0.15) is 4.98 Å². The molecule has 1 aliphatic heterocycles. The van der Waals surface area contributed by atoms with Gasteiger partial charge in [-0.25, -0.2) is 9.37 Å². The standard InChI is InChI=1S/C26H26ClFN6O/c1-18-5-7-21(27)16-23(18)34-13-11-33(12-14-34)10-9-29-24-8-6-20(17-30-24)26-31-25(32-35-26)19-3-2-4-22(28)15-19/h2-8,15-17H,9-14H2,1H3,(H,29,30). The van der Waals surface area contributed by atoms with Crippen molar-refractivity contribution >= 4 is 23.1 Å². The molecule has 0 aliphatic carbocycles. The molecule has 1 aliphatic rings. The van der Waals surface area contributed by atoms with E-state index in [1.165, 1.54) is 23.4 Å². The third kappa shape index (κ3) is 5.61. The largest absolute Gasteiger partial charge is 0.369 e. The lowest BCUT2D eigenvalue weighted by Crippen LogP contribution is -2.47. The van der Waals surface area contributed by atoms with Crippen molar-refractivity contribution in [1.82, 2.24) is 20.0 Å². The summed E-state index contributed by atoms with van der Waals surface area (Å²) >= 11 is 6.19. The minimum absolute atomic E-state index is 0.340. The fourth-order valence-electron chi connectivity index (χ4n) is 4.19. The van der Waals surface area contributed by atoms with Crippen LogP contribution in [0.4, 0.5) is 15.9 Å². The van der Waals surface area contributed by atoms with Gasteiger partial charge in [0, 0.05) is 61.7 Å². The maximum absolute atomic E-state index is 13.5. The SMILES string of the molecule is Cc1ccc(Cl)cc1N1CCN(CCNc2ccc(-c3nc(-c4cccc(F)c4)no3)cn2)CC1. The molecule has 0 saturated carbocycles. The Morgan fingerprint density at radius 2 is 1.89 bits per heavy atom. The maximum atomic E-state index is 13.5. The number of halogens is 2. The number of nitrogens with one attached hydrogen (secondary N) is 1. The molecule has 5 rings (SSSR count). The zero-order chi connectivity index (χ0) is 24.2. The predicted octanol–water partition coefficient (Wildman–Crippen LogP) is 5.13. The summed E-state index contributed by atoms with van der Waals surface area (Å²) < 4.78 is 18.8. The zero-order valence-electron chi connectivity index (χ0n) is 19.4. The van der Waals surface area contributed by atoms with Crippen molar-refractivity contribution in [2.75, 3.05) is 49.5 Å². The molecule has 9 heteroatoms. The molecule has 1 saturated heterocycles. The Balaban J connectivity index is 1.10. The van der Waals surface area contributed by atoms with Crippen LogP contribution >= 0.6 is 11.6 Å². The highest BCUT2D eigenvalue weighted by Crippen LogP contribution is 2.25. The van der Waals surface area contributed by atoms with Crippen LogP contribution in [0.25, 0.3) is 22.8 Å². The monoisotopic (exact) mass is 492 g/mol. The van der Waals surface area contributed by atoms with Gasteiger partial charge < -0.3 is 14.7 Å². The van der Waals surface area contributed by atoms with Crippen LogP contribution in [0.3, 0.4) is 0 Å². The summed E-state index contributed by atoms with van der Waals surface area (Å²) in [7, 11) is 0. The third-order valence-corrected chi connectivity index (χ3v) is 6.37. The summed E-state index contributed by atoms with van der Waals surface area (Å²) in [4.78, 5) is 13.7. The van der Waals surface area contributed by atoms with Gasteiger partial charge in [0.15, 0.2) is 0 Å². The molecule has 4 aromatic rings. The minimum Gasteiger partial charge on any atom is -0.369 e. The van der Waals surface area contributed by atoms with E-state index in [2.05, 4.69) is 49.3 Å². The van der Waals surface area contributed by atoms with Gasteiger partial charge in [-0.3, -0.25) is 4.90 Å². The molecule has 0 spiro atoms. The van der Waals surface area contributed by atoms with Crippen LogP contribution in [-0.4, -0.2) is 59.3 Å².